The van der Waals surface area contributed by atoms with Crippen molar-refractivity contribution in [2.75, 3.05) is 6.54 Å². The Morgan fingerprint density at radius 2 is 2.23 bits per heavy atom. The van der Waals surface area contributed by atoms with E-state index in [1.807, 2.05) is 35.0 Å². The molecule has 0 atom stereocenters. The molecule has 0 unspecified atom stereocenters. The SMILES string of the molecule is O=C(NCCc1cn2ccccc2n1)c1ccc([N+](=O)[O-])o1. The van der Waals surface area contributed by atoms with Crippen LogP contribution in [0.1, 0.15) is 16.2 Å². The molecule has 8 heteroatoms. The second-order valence-electron chi connectivity index (χ2n) is 4.60. The summed E-state index contributed by atoms with van der Waals surface area (Å²) in [5.74, 6) is -1.02. The molecule has 0 aliphatic rings. The minimum atomic E-state index is -0.687. The number of carbonyl (C=O) groups excluding carboxylic acids is 1. The summed E-state index contributed by atoms with van der Waals surface area (Å²) in [6.07, 6.45) is 4.34. The van der Waals surface area contributed by atoms with E-state index in [1.165, 1.54) is 6.07 Å². The van der Waals surface area contributed by atoms with Crippen molar-refractivity contribution in [3.05, 3.63) is 64.3 Å². The summed E-state index contributed by atoms with van der Waals surface area (Å²) in [5.41, 5.74) is 1.68. The van der Waals surface area contributed by atoms with Crippen LogP contribution in [0.2, 0.25) is 0 Å². The summed E-state index contributed by atoms with van der Waals surface area (Å²) in [7, 11) is 0. The minimum absolute atomic E-state index is 0.0818. The number of hydrogen-bond acceptors (Lipinski definition) is 5. The van der Waals surface area contributed by atoms with Gasteiger partial charge in [-0.05, 0) is 18.2 Å². The standard InChI is InChI=1S/C14H12N4O4/c19-14(11-4-5-13(22-11)18(20)21)15-7-6-10-9-17-8-2-1-3-12(17)16-10/h1-5,8-9H,6-7H2,(H,15,19). The van der Waals surface area contributed by atoms with Crippen molar-refractivity contribution in [1.29, 1.82) is 0 Å². The van der Waals surface area contributed by atoms with E-state index in [9.17, 15) is 14.9 Å². The highest BCUT2D eigenvalue weighted by atomic mass is 16.6. The molecule has 0 spiro atoms. The number of carbonyl (C=O) groups is 1. The number of pyridine rings is 1. The highest BCUT2D eigenvalue weighted by Crippen LogP contribution is 2.15. The molecule has 1 N–H and O–H groups in total. The molecule has 0 saturated heterocycles. The van der Waals surface area contributed by atoms with Crippen LogP contribution in [-0.2, 0) is 6.42 Å². The number of nitro groups is 1. The molecule has 0 fully saturated rings. The first kappa shape index (κ1) is 13.8. The smallest absolute Gasteiger partial charge is 0.395 e. The maximum absolute atomic E-state index is 11.8. The number of imidazole rings is 1. The predicted octanol–water partition coefficient (Wildman–Crippen LogP) is 1.81. The number of aromatic nitrogens is 2. The third-order valence-corrected chi connectivity index (χ3v) is 3.08. The molecule has 22 heavy (non-hydrogen) atoms. The van der Waals surface area contributed by atoms with Crippen LogP contribution in [0.4, 0.5) is 5.88 Å². The number of nitrogens with one attached hydrogen (secondary N) is 1. The molecular formula is C14H12N4O4. The number of fused-ring (bicyclic) bond motifs is 1. The van der Waals surface area contributed by atoms with Gasteiger partial charge in [-0.1, -0.05) is 6.07 Å². The van der Waals surface area contributed by atoms with Crippen LogP contribution in [0.15, 0.2) is 47.1 Å². The lowest BCUT2D eigenvalue weighted by Crippen LogP contribution is -2.25. The predicted molar refractivity (Wildman–Crippen MR) is 76.6 cm³/mol. The van der Waals surface area contributed by atoms with Crippen molar-refractivity contribution >= 4 is 17.4 Å². The Kier molecular flexibility index (Phi) is 3.57. The average Bonchev–Trinajstić information content (AvgIpc) is 3.13. The number of amides is 1. The maximum Gasteiger partial charge on any atom is 0.433 e. The lowest BCUT2D eigenvalue weighted by Gasteiger charge is -2.00. The molecule has 0 aliphatic carbocycles. The zero-order valence-corrected chi connectivity index (χ0v) is 11.4. The first-order valence-electron chi connectivity index (χ1n) is 6.58. The van der Waals surface area contributed by atoms with Crippen LogP contribution in [0, 0.1) is 10.1 Å². The van der Waals surface area contributed by atoms with Crippen LogP contribution in [0.3, 0.4) is 0 Å². The fraction of sp³-hybridized carbons (Fsp3) is 0.143. The molecule has 112 valence electrons. The Morgan fingerprint density at radius 1 is 1.36 bits per heavy atom. The van der Waals surface area contributed by atoms with Crippen molar-refractivity contribution in [2.24, 2.45) is 0 Å². The largest absolute Gasteiger partial charge is 0.433 e. The molecule has 0 bridgehead atoms. The highest BCUT2D eigenvalue weighted by molar-refractivity contribution is 5.91. The molecule has 0 aliphatic heterocycles. The fourth-order valence-electron chi connectivity index (χ4n) is 2.05. The van der Waals surface area contributed by atoms with E-state index in [0.717, 1.165) is 17.4 Å². The molecule has 0 aromatic carbocycles. The monoisotopic (exact) mass is 300 g/mol. The fourth-order valence-corrected chi connectivity index (χ4v) is 2.05. The van der Waals surface area contributed by atoms with Crippen LogP contribution >= 0.6 is 0 Å². The third kappa shape index (κ3) is 2.80. The van der Waals surface area contributed by atoms with Gasteiger partial charge in [-0.15, -0.1) is 0 Å². The van der Waals surface area contributed by atoms with Gasteiger partial charge in [-0.3, -0.25) is 14.9 Å². The molecule has 0 radical (unpaired) electrons. The summed E-state index contributed by atoms with van der Waals surface area (Å²) in [6, 6.07) is 8.13. The van der Waals surface area contributed by atoms with Gasteiger partial charge in [0.05, 0.1) is 11.8 Å². The van der Waals surface area contributed by atoms with Crippen molar-refractivity contribution in [3.8, 4) is 0 Å². The van der Waals surface area contributed by atoms with E-state index in [2.05, 4.69) is 10.3 Å². The van der Waals surface area contributed by atoms with Crippen molar-refractivity contribution < 1.29 is 14.1 Å². The Hall–Kier alpha value is -3.16. The van der Waals surface area contributed by atoms with Gasteiger partial charge in [-0.25, -0.2) is 4.98 Å². The van der Waals surface area contributed by atoms with Crippen LogP contribution < -0.4 is 5.32 Å². The van der Waals surface area contributed by atoms with Crippen LogP contribution in [0.5, 0.6) is 0 Å². The third-order valence-electron chi connectivity index (χ3n) is 3.08. The first-order chi connectivity index (χ1) is 10.6. The highest BCUT2D eigenvalue weighted by Gasteiger charge is 2.16. The van der Waals surface area contributed by atoms with E-state index >= 15 is 0 Å². The van der Waals surface area contributed by atoms with E-state index in [4.69, 9.17) is 4.42 Å². The Bertz CT molecular complexity index is 803. The number of hydrogen-bond donors (Lipinski definition) is 1. The lowest BCUT2D eigenvalue weighted by molar-refractivity contribution is -0.402. The first-order valence-corrected chi connectivity index (χ1v) is 6.58. The number of nitrogens with zero attached hydrogens (tertiary/aromatic N) is 3. The topological polar surface area (TPSA) is 103 Å². The molecular weight excluding hydrogens is 288 g/mol. The van der Waals surface area contributed by atoms with Gasteiger partial charge in [0, 0.05) is 25.4 Å². The van der Waals surface area contributed by atoms with Crippen molar-refractivity contribution in [2.45, 2.75) is 6.42 Å². The zero-order chi connectivity index (χ0) is 15.5. The second-order valence-corrected chi connectivity index (χ2v) is 4.60. The summed E-state index contributed by atoms with van der Waals surface area (Å²) in [5, 5.41) is 13.1. The van der Waals surface area contributed by atoms with E-state index in [0.29, 0.717) is 13.0 Å². The number of rotatable bonds is 5. The average molecular weight is 300 g/mol. The quantitative estimate of drug-likeness (QED) is 0.571. The number of furan rings is 1. The van der Waals surface area contributed by atoms with Gasteiger partial charge in [0.1, 0.15) is 10.6 Å². The van der Waals surface area contributed by atoms with Gasteiger partial charge in [0.25, 0.3) is 5.91 Å². The van der Waals surface area contributed by atoms with E-state index in [-0.39, 0.29) is 5.76 Å². The maximum atomic E-state index is 11.8. The van der Waals surface area contributed by atoms with Crippen LogP contribution in [-0.4, -0.2) is 26.8 Å². The van der Waals surface area contributed by atoms with Gasteiger partial charge in [-0.2, -0.15) is 0 Å². The normalized spacial score (nSPS) is 10.7. The minimum Gasteiger partial charge on any atom is -0.395 e. The molecule has 3 heterocycles. The van der Waals surface area contributed by atoms with Gasteiger partial charge < -0.3 is 14.1 Å². The van der Waals surface area contributed by atoms with Gasteiger partial charge >= 0.3 is 5.88 Å². The van der Waals surface area contributed by atoms with E-state index in [1.54, 1.807) is 0 Å². The molecule has 3 aromatic heterocycles. The summed E-state index contributed by atoms with van der Waals surface area (Å²) < 4.78 is 6.72. The van der Waals surface area contributed by atoms with Gasteiger partial charge in [0.15, 0.2) is 5.76 Å². The zero-order valence-electron chi connectivity index (χ0n) is 11.4. The van der Waals surface area contributed by atoms with Crippen molar-refractivity contribution in [3.63, 3.8) is 0 Å². The van der Waals surface area contributed by atoms with Crippen molar-refractivity contribution in [1.82, 2.24) is 14.7 Å². The molecule has 0 saturated carbocycles. The second kappa shape index (κ2) is 5.68. The summed E-state index contributed by atoms with van der Waals surface area (Å²) >= 11 is 0. The van der Waals surface area contributed by atoms with E-state index < -0.39 is 16.7 Å². The lowest BCUT2D eigenvalue weighted by atomic mass is 10.3. The summed E-state index contributed by atoms with van der Waals surface area (Å²) in [4.78, 5) is 26.0. The Labute approximate surface area is 124 Å². The molecule has 8 nitrogen and oxygen atoms in total. The Balaban J connectivity index is 1.57. The van der Waals surface area contributed by atoms with Gasteiger partial charge in [0.2, 0.25) is 0 Å². The molecule has 1 amide bonds. The van der Waals surface area contributed by atoms with Crippen LogP contribution in [0.25, 0.3) is 5.65 Å². The molecule has 3 aromatic rings. The molecule has 3 rings (SSSR count). The Morgan fingerprint density at radius 3 is 2.95 bits per heavy atom. The summed E-state index contributed by atoms with van der Waals surface area (Å²) in [6.45, 7) is 0.358.